The van der Waals surface area contributed by atoms with Crippen LogP contribution in [-0.4, -0.2) is 50.3 Å². The Morgan fingerprint density at radius 2 is 2.39 bits per heavy atom. The van der Waals surface area contributed by atoms with Crippen molar-refractivity contribution in [2.24, 2.45) is 0 Å². The second-order valence-electron chi connectivity index (χ2n) is 4.61. The predicted octanol–water partition coefficient (Wildman–Crippen LogP) is 0.851. The molecule has 102 valence electrons. The number of aliphatic hydroxyl groups is 1. The SMILES string of the molecule is CCCNC(CCO)CSc1nnnn1C1CC1. The smallest absolute Gasteiger partial charge is 0.209 e. The van der Waals surface area contributed by atoms with E-state index in [1.165, 1.54) is 12.8 Å². The van der Waals surface area contributed by atoms with Gasteiger partial charge in [-0.25, -0.2) is 4.68 Å². The molecule has 0 aromatic carbocycles. The van der Waals surface area contributed by atoms with Crippen LogP contribution in [0.15, 0.2) is 5.16 Å². The third kappa shape index (κ3) is 3.93. The van der Waals surface area contributed by atoms with Crippen molar-refractivity contribution in [1.82, 2.24) is 25.5 Å². The number of aliphatic hydroxyl groups excluding tert-OH is 1. The van der Waals surface area contributed by atoms with E-state index in [-0.39, 0.29) is 6.61 Å². The maximum Gasteiger partial charge on any atom is 0.209 e. The second kappa shape index (κ2) is 7.06. The Morgan fingerprint density at radius 3 is 3.06 bits per heavy atom. The first-order valence-corrected chi connectivity index (χ1v) is 7.58. The van der Waals surface area contributed by atoms with Crippen LogP contribution in [0.5, 0.6) is 0 Å². The van der Waals surface area contributed by atoms with Crippen LogP contribution in [0, 0.1) is 0 Å². The third-order valence-corrected chi connectivity index (χ3v) is 4.03. The third-order valence-electron chi connectivity index (χ3n) is 2.93. The van der Waals surface area contributed by atoms with Crippen LogP contribution in [0.2, 0.25) is 0 Å². The summed E-state index contributed by atoms with van der Waals surface area (Å²) in [4.78, 5) is 0. The van der Waals surface area contributed by atoms with Crippen molar-refractivity contribution < 1.29 is 5.11 Å². The van der Waals surface area contributed by atoms with Crippen LogP contribution < -0.4 is 5.32 Å². The van der Waals surface area contributed by atoms with Gasteiger partial charge in [0.2, 0.25) is 5.16 Å². The van der Waals surface area contributed by atoms with Gasteiger partial charge < -0.3 is 10.4 Å². The van der Waals surface area contributed by atoms with Crippen molar-refractivity contribution in [2.75, 3.05) is 18.9 Å². The fourth-order valence-corrected chi connectivity index (χ4v) is 2.80. The van der Waals surface area contributed by atoms with Crippen molar-refractivity contribution in [1.29, 1.82) is 0 Å². The average Bonchev–Trinajstić information content (AvgIpc) is 3.12. The van der Waals surface area contributed by atoms with Gasteiger partial charge in [-0.15, -0.1) is 5.10 Å². The highest BCUT2D eigenvalue weighted by atomic mass is 32.2. The van der Waals surface area contributed by atoms with Crippen LogP contribution >= 0.6 is 11.8 Å². The molecular formula is C11H21N5OS. The van der Waals surface area contributed by atoms with Gasteiger partial charge in [0.1, 0.15) is 0 Å². The van der Waals surface area contributed by atoms with Crippen LogP contribution in [0.1, 0.15) is 38.6 Å². The van der Waals surface area contributed by atoms with Crippen LogP contribution in [0.4, 0.5) is 0 Å². The molecule has 2 N–H and O–H groups in total. The lowest BCUT2D eigenvalue weighted by Crippen LogP contribution is -2.33. The van der Waals surface area contributed by atoms with Crippen molar-refractivity contribution >= 4 is 11.8 Å². The maximum absolute atomic E-state index is 9.05. The maximum atomic E-state index is 9.05. The number of tetrazole rings is 1. The summed E-state index contributed by atoms with van der Waals surface area (Å²) in [7, 11) is 0. The molecule has 1 aromatic rings. The van der Waals surface area contributed by atoms with Crippen molar-refractivity contribution in [3.05, 3.63) is 0 Å². The Kier molecular flexibility index (Phi) is 5.40. The standard InChI is InChI=1S/C11H21N5OS/c1-2-6-12-9(5-7-17)8-18-11-13-14-15-16(11)10-3-4-10/h9-10,12,17H,2-8H2,1H3. The summed E-state index contributed by atoms with van der Waals surface area (Å²) in [5, 5.41) is 25.2. The molecule has 1 atom stereocenters. The Hall–Kier alpha value is -0.660. The monoisotopic (exact) mass is 271 g/mol. The predicted molar refractivity (Wildman–Crippen MR) is 70.6 cm³/mol. The van der Waals surface area contributed by atoms with E-state index in [4.69, 9.17) is 5.11 Å². The van der Waals surface area contributed by atoms with Gasteiger partial charge in [-0.3, -0.25) is 0 Å². The van der Waals surface area contributed by atoms with Crippen molar-refractivity contribution in [2.45, 2.75) is 49.8 Å². The van der Waals surface area contributed by atoms with Gasteiger partial charge in [-0.2, -0.15) is 0 Å². The number of nitrogens with one attached hydrogen (secondary N) is 1. The molecule has 1 fully saturated rings. The van der Waals surface area contributed by atoms with E-state index in [1.54, 1.807) is 11.8 Å². The molecule has 6 nitrogen and oxygen atoms in total. The minimum absolute atomic E-state index is 0.218. The molecule has 1 aromatic heterocycles. The first kappa shape index (κ1) is 13.8. The fraction of sp³-hybridized carbons (Fsp3) is 0.909. The number of hydrogen-bond donors (Lipinski definition) is 2. The molecule has 0 amide bonds. The highest BCUT2D eigenvalue weighted by molar-refractivity contribution is 7.99. The molecule has 1 unspecified atom stereocenters. The molecule has 1 aliphatic rings. The summed E-state index contributed by atoms with van der Waals surface area (Å²) < 4.78 is 1.93. The molecule has 1 heterocycles. The molecule has 0 radical (unpaired) electrons. The normalized spacial score (nSPS) is 17.0. The van der Waals surface area contributed by atoms with E-state index >= 15 is 0 Å². The summed E-state index contributed by atoms with van der Waals surface area (Å²) >= 11 is 1.67. The molecule has 0 spiro atoms. The summed E-state index contributed by atoms with van der Waals surface area (Å²) in [5.41, 5.74) is 0. The van der Waals surface area contributed by atoms with E-state index in [2.05, 4.69) is 27.8 Å². The zero-order valence-electron chi connectivity index (χ0n) is 10.7. The minimum atomic E-state index is 0.218. The first-order chi connectivity index (χ1) is 8.85. The number of nitrogens with zero attached hydrogens (tertiary/aromatic N) is 4. The summed E-state index contributed by atoms with van der Waals surface area (Å²) in [6.45, 7) is 3.35. The molecule has 7 heteroatoms. The average molecular weight is 271 g/mol. The molecule has 1 saturated carbocycles. The number of aromatic nitrogens is 4. The molecule has 0 aliphatic heterocycles. The zero-order valence-corrected chi connectivity index (χ0v) is 11.6. The Labute approximate surface area is 112 Å². The lowest BCUT2D eigenvalue weighted by atomic mass is 10.2. The summed E-state index contributed by atoms with van der Waals surface area (Å²) in [6, 6.07) is 0.840. The van der Waals surface area contributed by atoms with E-state index in [9.17, 15) is 0 Å². The number of thioether (sulfide) groups is 1. The van der Waals surface area contributed by atoms with Gasteiger partial charge in [0.15, 0.2) is 0 Å². The number of hydrogen-bond acceptors (Lipinski definition) is 6. The number of rotatable bonds is 9. The molecule has 2 rings (SSSR count). The van der Waals surface area contributed by atoms with Gasteiger partial charge in [-0.1, -0.05) is 18.7 Å². The first-order valence-electron chi connectivity index (χ1n) is 6.60. The van der Waals surface area contributed by atoms with E-state index < -0.39 is 0 Å². The minimum Gasteiger partial charge on any atom is -0.396 e. The lowest BCUT2D eigenvalue weighted by Gasteiger charge is -2.16. The molecule has 1 aliphatic carbocycles. The molecule has 0 bridgehead atoms. The van der Waals surface area contributed by atoms with Gasteiger partial charge in [0.05, 0.1) is 6.04 Å². The van der Waals surface area contributed by atoms with E-state index in [1.807, 2.05) is 4.68 Å². The van der Waals surface area contributed by atoms with E-state index in [0.29, 0.717) is 12.1 Å². The second-order valence-corrected chi connectivity index (χ2v) is 5.60. The molecule has 0 saturated heterocycles. The lowest BCUT2D eigenvalue weighted by molar-refractivity contribution is 0.270. The highest BCUT2D eigenvalue weighted by Crippen LogP contribution is 2.36. The topological polar surface area (TPSA) is 75.9 Å². The highest BCUT2D eigenvalue weighted by Gasteiger charge is 2.28. The van der Waals surface area contributed by atoms with Crippen LogP contribution in [0.3, 0.4) is 0 Å². The quantitative estimate of drug-likeness (QED) is 0.649. The molecular weight excluding hydrogens is 250 g/mol. The summed E-state index contributed by atoms with van der Waals surface area (Å²) in [5.74, 6) is 0.896. The van der Waals surface area contributed by atoms with Crippen molar-refractivity contribution in [3.63, 3.8) is 0 Å². The van der Waals surface area contributed by atoms with Gasteiger partial charge in [-0.05, 0) is 42.7 Å². The fourth-order valence-electron chi connectivity index (χ4n) is 1.75. The van der Waals surface area contributed by atoms with Gasteiger partial charge in [0, 0.05) is 18.4 Å². The molecule has 18 heavy (non-hydrogen) atoms. The summed E-state index contributed by atoms with van der Waals surface area (Å²) in [6.07, 6.45) is 4.25. The van der Waals surface area contributed by atoms with Gasteiger partial charge >= 0.3 is 0 Å². The largest absolute Gasteiger partial charge is 0.396 e. The Bertz CT molecular complexity index is 355. The van der Waals surface area contributed by atoms with E-state index in [0.717, 1.165) is 30.3 Å². The zero-order chi connectivity index (χ0) is 12.8. The van der Waals surface area contributed by atoms with Gasteiger partial charge in [0.25, 0.3) is 0 Å². The van der Waals surface area contributed by atoms with Crippen LogP contribution in [-0.2, 0) is 0 Å². The van der Waals surface area contributed by atoms with Crippen LogP contribution in [0.25, 0.3) is 0 Å². The Morgan fingerprint density at radius 1 is 1.56 bits per heavy atom. The van der Waals surface area contributed by atoms with Crippen molar-refractivity contribution in [3.8, 4) is 0 Å². The Balaban J connectivity index is 1.81.